The maximum atomic E-state index is 5.93. The molecule has 1 aromatic carbocycles. The molecule has 0 saturated carbocycles. The first kappa shape index (κ1) is 13.7. The highest BCUT2D eigenvalue weighted by Crippen LogP contribution is 2.22. The topological polar surface area (TPSA) is 12.9 Å². The lowest BCUT2D eigenvalue weighted by atomic mass is 10.0. The van der Waals surface area contributed by atoms with E-state index in [-0.39, 0.29) is 0 Å². The molecule has 90 valence electrons. The van der Waals surface area contributed by atoms with Gasteiger partial charge in [0.25, 0.3) is 0 Å². The number of rotatable bonds is 1. The average Bonchev–Trinajstić information content (AvgIpc) is 2.35. The molecular weight excluding hydrogens is 230 g/mol. The second-order valence-electron chi connectivity index (χ2n) is 3.66. The summed E-state index contributed by atoms with van der Waals surface area (Å²) in [7, 11) is 0. The maximum absolute atomic E-state index is 5.93. The van der Waals surface area contributed by atoms with E-state index < -0.39 is 0 Å². The van der Waals surface area contributed by atoms with Crippen molar-refractivity contribution in [3.8, 4) is 11.3 Å². The SMILES string of the molecule is CC.Cc1ccc(-c2cc(Cl)ccn2)cc1C. The molecule has 1 aromatic heterocycles. The fourth-order valence-corrected chi connectivity index (χ4v) is 1.62. The van der Waals surface area contributed by atoms with Crippen molar-refractivity contribution >= 4 is 11.6 Å². The van der Waals surface area contributed by atoms with Gasteiger partial charge in [-0.25, -0.2) is 0 Å². The van der Waals surface area contributed by atoms with E-state index in [0.717, 1.165) is 16.3 Å². The third-order valence-corrected chi connectivity index (χ3v) is 2.76. The van der Waals surface area contributed by atoms with E-state index in [4.69, 9.17) is 11.6 Å². The number of aromatic nitrogens is 1. The van der Waals surface area contributed by atoms with Gasteiger partial charge in [0.15, 0.2) is 0 Å². The Kier molecular flexibility index (Phi) is 5.17. The largest absolute Gasteiger partial charge is 0.256 e. The zero-order chi connectivity index (χ0) is 12.8. The predicted octanol–water partition coefficient (Wildman–Crippen LogP) is 5.05. The maximum Gasteiger partial charge on any atom is 0.0716 e. The summed E-state index contributed by atoms with van der Waals surface area (Å²) in [6.45, 7) is 8.20. The van der Waals surface area contributed by atoms with Gasteiger partial charge < -0.3 is 0 Å². The zero-order valence-electron chi connectivity index (χ0n) is 10.8. The summed E-state index contributed by atoms with van der Waals surface area (Å²) in [6.07, 6.45) is 1.73. The summed E-state index contributed by atoms with van der Waals surface area (Å²) in [5, 5.41) is 0.721. The van der Waals surface area contributed by atoms with Crippen molar-refractivity contribution in [2.45, 2.75) is 27.7 Å². The standard InChI is InChI=1S/C13H12ClN.C2H6/c1-9-3-4-11(7-10(9)2)13-8-12(14)5-6-15-13;1-2/h3-8H,1-2H3;1-2H3. The third-order valence-electron chi connectivity index (χ3n) is 2.52. The fourth-order valence-electron chi connectivity index (χ4n) is 1.46. The number of hydrogen-bond donors (Lipinski definition) is 0. The number of halogens is 1. The van der Waals surface area contributed by atoms with Crippen molar-refractivity contribution in [2.24, 2.45) is 0 Å². The van der Waals surface area contributed by atoms with Crippen LogP contribution in [0.25, 0.3) is 11.3 Å². The molecule has 0 saturated heterocycles. The molecule has 0 aliphatic rings. The molecule has 1 heterocycles. The number of benzene rings is 1. The van der Waals surface area contributed by atoms with Gasteiger partial charge in [-0.3, -0.25) is 4.98 Å². The molecule has 0 fully saturated rings. The van der Waals surface area contributed by atoms with Gasteiger partial charge in [-0.2, -0.15) is 0 Å². The van der Waals surface area contributed by atoms with E-state index in [9.17, 15) is 0 Å². The molecule has 0 aliphatic heterocycles. The van der Waals surface area contributed by atoms with Crippen LogP contribution in [0.5, 0.6) is 0 Å². The lowest BCUT2D eigenvalue weighted by molar-refractivity contribution is 1.29. The highest BCUT2D eigenvalue weighted by atomic mass is 35.5. The van der Waals surface area contributed by atoms with E-state index in [1.807, 2.05) is 19.9 Å². The third kappa shape index (κ3) is 3.57. The number of nitrogens with zero attached hydrogens (tertiary/aromatic N) is 1. The monoisotopic (exact) mass is 247 g/mol. The molecule has 0 bridgehead atoms. The molecule has 0 spiro atoms. The number of pyridine rings is 1. The first-order chi connectivity index (χ1) is 8.16. The second kappa shape index (κ2) is 6.41. The van der Waals surface area contributed by atoms with Crippen LogP contribution in [-0.4, -0.2) is 4.98 Å². The van der Waals surface area contributed by atoms with Gasteiger partial charge >= 0.3 is 0 Å². The molecule has 2 aromatic rings. The molecule has 0 aliphatic carbocycles. The summed E-state index contributed by atoms with van der Waals surface area (Å²) >= 11 is 5.93. The van der Waals surface area contributed by atoms with Gasteiger partial charge in [0.2, 0.25) is 0 Å². The highest BCUT2D eigenvalue weighted by Gasteiger charge is 2.01. The van der Waals surface area contributed by atoms with Crippen molar-refractivity contribution in [3.05, 3.63) is 52.7 Å². The van der Waals surface area contributed by atoms with Crippen LogP contribution in [0, 0.1) is 13.8 Å². The molecule has 2 rings (SSSR count). The lowest BCUT2D eigenvalue weighted by Crippen LogP contribution is -1.86. The Hall–Kier alpha value is -1.34. The minimum absolute atomic E-state index is 0.721. The van der Waals surface area contributed by atoms with E-state index >= 15 is 0 Å². The quantitative estimate of drug-likeness (QED) is 0.688. The predicted molar refractivity (Wildman–Crippen MR) is 75.5 cm³/mol. The van der Waals surface area contributed by atoms with Crippen molar-refractivity contribution in [2.75, 3.05) is 0 Å². The van der Waals surface area contributed by atoms with E-state index in [0.29, 0.717) is 0 Å². The van der Waals surface area contributed by atoms with Crippen LogP contribution >= 0.6 is 11.6 Å². The Labute approximate surface area is 108 Å². The van der Waals surface area contributed by atoms with Crippen LogP contribution in [0.2, 0.25) is 5.02 Å². The van der Waals surface area contributed by atoms with Gasteiger partial charge in [0.05, 0.1) is 5.69 Å². The molecule has 1 nitrogen and oxygen atoms in total. The van der Waals surface area contributed by atoms with Crippen LogP contribution in [0.4, 0.5) is 0 Å². The molecule has 0 amide bonds. The van der Waals surface area contributed by atoms with Gasteiger partial charge in [-0.1, -0.05) is 37.6 Å². The first-order valence-corrected chi connectivity index (χ1v) is 6.24. The molecule has 0 radical (unpaired) electrons. The van der Waals surface area contributed by atoms with Crippen LogP contribution < -0.4 is 0 Å². The normalized spacial score (nSPS) is 9.47. The van der Waals surface area contributed by atoms with Crippen molar-refractivity contribution < 1.29 is 0 Å². The molecule has 0 atom stereocenters. The van der Waals surface area contributed by atoms with Crippen LogP contribution in [0.1, 0.15) is 25.0 Å². The van der Waals surface area contributed by atoms with Gasteiger partial charge in [-0.15, -0.1) is 0 Å². The van der Waals surface area contributed by atoms with E-state index in [2.05, 4.69) is 37.0 Å². The van der Waals surface area contributed by atoms with Gasteiger partial charge in [0.1, 0.15) is 0 Å². The minimum Gasteiger partial charge on any atom is -0.256 e. The van der Waals surface area contributed by atoms with Crippen molar-refractivity contribution in [1.82, 2.24) is 4.98 Å². The Morgan fingerprint density at radius 1 is 0.941 bits per heavy atom. The Morgan fingerprint density at radius 3 is 2.24 bits per heavy atom. The Balaban J connectivity index is 0.000000686. The summed E-state index contributed by atoms with van der Waals surface area (Å²) in [6, 6.07) is 9.97. The van der Waals surface area contributed by atoms with Gasteiger partial charge in [-0.05, 0) is 43.2 Å². The number of aryl methyl sites for hydroxylation is 2. The molecule has 0 unspecified atom stereocenters. The zero-order valence-corrected chi connectivity index (χ0v) is 11.5. The van der Waals surface area contributed by atoms with Crippen LogP contribution in [-0.2, 0) is 0 Å². The first-order valence-electron chi connectivity index (χ1n) is 5.86. The molecule has 2 heteroatoms. The van der Waals surface area contributed by atoms with Crippen LogP contribution in [0.15, 0.2) is 36.5 Å². The summed E-state index contributed by atoms with van der Waals surface area (Å²) in [4.78, 5) is 4.30. The van der Waals surface area contributed by atoms with Crippen LogP contribution in [0.3, 0.4) is 0 Å². The smallest absolute Gasteiger partial charge is 0.0716 e. The van der Waals surface area contributed by atoms with E-state index in [1.165, 1.54) is 11.1 Å². The Bertz CT molecular complexity index is 492. The molecule has 0 N–H and O–H groups in total. The van der Waals surface area contributed by atoms with Crippen molar-refractivity contribution in [1.29, 1.82) is 0 Å². The van der Waals surface area contributed by atoms with E-state index in [1.54, 1.807) is 12.3 Å². The van der Waals surface area contributed by atoms with Crippen molar-refractivity contribution in [3.63, 3.8) is 0 Å². The molecular formula is C15H18ClN. The average molecular weight is 248 g/mol. The lowest BCUT2D eigenvalue weighted by Gasteiger charge is -2.04. The highest BCUT2D eigenvalue weighted by molar-refractivity contribution is 6.30. The second-order valence-corrected chi connectivity index (χ2v) is 4.09. The van der Waals surface area contributed by atoms with Gasteiger partial charge in [0, 0.05) is 16.8 Å². The minimum atomic E-state index is 0.721. The Morgan fingerprint density at radius 2 is 1.65 bits per heavy atom. The fraction of sp³-hybridized carbons (Fsp3) is 0.267. The summed E-state index contributed by atoms with van der Waals surface area (Å²) in [5.41, 5.74) is 4.60. The molecule has 17 heavy (non-hydrogen) atoms. The summed E-state index contributed by atoms with van der Waals surface area (Å²) in [5.74, 6) is 0. The summed E-state index contributed by atoms with van der Waals surface area (Å²) < 4.78 is 0. The number of hydrogen-bond acceptors (Lipinski definition) is 1.